The third-order valence-electron chi connectivity index (χ3n) is 4.54. The number of morpholine rings is 1. The van der Waals surface area contributed by atoms with E-state index in [1.54, 1.807) is 0 Å². The van der Waals surface area contributed by atoms with E-state index in [1.807, 2.05) is 0 Å². The van der Waals surface area contributed by atoms with E-state index in [4.69, 9.17) is 4.74 Å². The van der Waals surface area contributed by atoms with Crippen LogP contribution in [0.3, 0.4) is 0 Å². The molecule has 3 heteroatoms. The fourth-order valence-electron chi connectivity index (χ4n) is 3.46. The van der Waals surface area contributed by atoms with Crippen LogP contribution in [0.5, 0.6) is 0 Å². The fraction of sp³-hybridized carbons (Fsp3) is 1.00. The van der Waals surface area contributed by atoms with Crippen molar-refractivity contribution in [1.29, 1.82) is 0 Å². The molecule has 0 bridgehead atoms. The predicted molar refractivity (Wildman–Crippen MR) is 75.9 cm³/mol. The Bertz CT molecular complexity index is 247. The molecule has 2 rings (SSSR count). The van der Waals surface area contributed by atoms with Crippen LogP contribution in [0.2, 0.25) is 0 Å². The smallest absolute Gasteiger partial charge is 0.0674 e. The Labute approximate surface area is 112 Å². The third kappa shape index (κ3) is 3.46. The lowest BCUT2D eigenvalue weighted by molar-refractivity contribution is -0.0717. The molecule has 2 aliphatic rings. The van der Waals surface area contributed by atoms with E-state index in [1.165, 1.54) is 38.6 Å². The van der Waals surface area contributed by atoms with E-state index < -0.39 is 0 Å². The summed E-state index contributed by atoms with van der Waals surface area (Å²) in [5.41, 5.74) is 0. The summed E-state index contributed by atoms with van der Waals surface area (Å²) >= 11 is 0. The first kappa shape index (κ1) is 14.3. The maximum atomic E-state index is 5.81. The van der Waals surface area contributed by atoms with Crippen LogP contribution in [0.15, 0.2) is 0 Å². The molecule has 2 fully saturated rings. The van der Waals surface area contributed by atoms with Crippen molar-refractivity contribution in [2.45, 2.75) is 77.1 Å². The van der Waals surface area contributed by atoms with E-state index in [-0.39, 0.29) is 0 Å². The molecule has 0 aromatic heterocycles. The van der Waals surface area contributed by atoms with Gasteiger partial charge in [0.25, 0.3) is 0 Å². The number of nitrogens with zero attached hydrogens (tertiary/aromatic N) is 1. The zero-order chi connectivity index (χ0) is 13.0. The topological polar surface area (TPSA) is 24.5 Å². The van der Waals surface area contributed by atoms with Gasteiger partial charge in [-0.15, -0.1) is 0 Å². The Hall–Kier alpha value is -0.120. The van der Waals surface area contributed by atoms with Crippen molar-refractivity contribution < 1.29 is 4.74 Å². The van der Waals surface area contributed by atoms with E-state index in [2.05, 4.69) is 31.0 Å². The maximum Gasteiger partial charge on any atom is 0.0674 e. The Kier molecular flexibility index (Phi) is 5.46. The van der Waals surface area contributed by atoms with Crippen molar-refractivity contribution in [3.8, 4) is 0 Å². The monoisotopic (exact) mass is 254 g/mol. The highest BCUT2D eigenvalue weighted by Crippen LogP contribution is 2.29. The van der Waals surface area contributed by atoms with Gasteiger partial charge in [0, 0.05) is 24.7 Å². The molecule has 0 aromatic carbocycles. The highest BCUT2D eigenvalue weighted by molar-refractivity contribution is 4.91. The predicted octanol–water partition coefficient (Wildman–Crippen LogP) is 2.41. The summed E-state index contributed by atoms with van der Waals surface area (Å²) in [6.07, 6.45) is 6.93. The molecule has 1 heterocycles. The second-order valence-corrected chi connectivity index (χ2v) is 6.02. The van der Waals surface area contributed by atoms with E-state index in [9.17, 15) is 0 Å². The molecule has 0 spiro atoms. The number of hydrogen-bond donors (Lipinski definition) is 1. The SMILES string of the molecule is CCCNC1CCC(N2CC(C)OCC2CC)C1. The minimum atomic E-state index is 0.412. The molecule has 0 aromatic rings. The van der Waals surface area contributed by atoms with Crippen molar-refractivity contribution in [3.63, 3.8) is 0 Å². The molecule has 4 atom stereocenters. The Morgan fingerprint density at radius 2 is 2.11 bits per heavy atom. The van der Waals surface area contributed by atoms with Gasteiger partial charge < -0.3 is 10.1 Å². The van der Waals surface area contributed by atoms with Crippen LogP contribution in [0.1, 0.15) is 52.9 Å². The molecule has 4 unspecified atom stereocenters. The van der Waals surface area contributed by atoms with Gasteiger partial charge in [0.15, 0.2) is 0 Å². The fourth-order valence-corrected chi connectivity index (χ4v) is 3.46. The lowest BCUT2D eigenvalue weighted by atomic mass is 10.1. The van der Waals surface area contributed by atoms with Gasteiger partial charge in [0.1, 0.15) is 0 Å². The van der Waals surface area contributed by atoms with Gasteiger partial charge in [-0.1, -0.05) is 13.8 Å². The Morgan fingerprint density at radius 1 is 1.28 bits per heavy atom. The van der Waals surface area contributed by atoms with Crippen LogP contribution >= 0.6 is 0 Å². The summed E-state index contributed by atoms with van der Waals surface area (Å²) < 4.78 is 5.81. The molecule has 1 aliphatic heterocycles. The average molecular weight is 254 g/mol. The summed E-state index contributed by atoms with van der Waals surface area (Å²) in [7, 11) is 0. The molecule has 1 N–H and O–H groups in total. The molecule has 106 valence electrons. The van der Waals surface area contributed by atoms with Crippen molar-refractivity contribution in [2.75, 3.05) is 19.7 Å². The largest absolute Gasteiger partial charge is 0.376 e. The van der Waals surface area contributed by atoms with E-state index >= 15 is 0 Å². The van der Waals surface area contributed by atoms with Crippen molar-refractivity contribution >= 4 is 0 Å². The molecule has 0 amide bonds. The van der Waals surface area contributed by atoms with Gasteiger partial charge in [-0.25, -0.2) is 0 Å². The van der Waals surface area contributed by atoms with Gasteiger partial charge in [-0.3, -0.25) is 4.90 Å². The Balaban J connectivity index is 1.86. The van der Waals surface area contributed by atoms with Gasteiger partial charge in [-0.2, -0.15) is 0 Å². The summed E-state index contributed by atoms with van der Waals surface area (Å²) in [5, 5.41) is 3.69. The molecular weight excluding hydrogens is 224 g/mol. The van der Waals surface area contributed by atoms with Crippen molar-refractivity contribution in [1.82, 2.24) is 10.2 Å². The number of hydrogen-bond acceptors (Lipinski definition) is 3. The van der Waals surface area contributed by atoms with Gasteiger partial charge >= 0.3 is 0 Å². The quantitative estimate of drug-likeness (QED) is 0.815. The minimum Gasteiger partial charge on any atom is -0.376 e. The van der Waals surface area contributed by atoms with Crippen LogP contribution in [0, 0.1) is 0 Å². The molecular formula is C15H30N2O. The van der Waals surface area contributed by atoms with Crippen LogP contribution in [0.25, 0.3) is 0 Å². The lowest BCUT2D eigenvalue weighted by Crippen LogP contribution is -2.52. The van der Waals surface area contributed by atoms with Gasteiger partial charge in [0.05, 0.1) is 12.7 Å². The molecule has 1 saturated carbocycles. The van der Waals surface area contributed by atoms with Crippen LogP contribution < -0.4 is 5.32 Å². The molecule has 0 radical (unpaired) electrons. The molecule has 18 heavy (non-hydrogen) atoms. The second-order valence-electron chi connectivity index (χ2n) is 6.02. The lowest BCUT2D eigenvalue weighted by Gasteiger charge is -2.42. The van der Waals surface area contributed by atoms with Crippen LogP contribution in [-0.4, -0.2) is 48.8 Å². The highest BCUT2D eigenvalue weighted by Gasteiger charge is 2.35. The first-order valence-electron chi connectivity index (χ1n) is 7.85. The van der Waals surface area contributed by atoms with Crippen LogP contribution in [0.4, 0.5) is 0 Å². The van der Waals surface area contributed by atoms with Gasteiger partial charge in [0.2, 0.25) is 0 Å². The Morgan fingerprint density at radius 3 is 2.83 bits per heavy atom. The van der Waals surface area contributed by atoms with Crippen molar-refractivity contribution in [3.05, 3.63) is 0 Å². The molecule has 3 nitrogen and oxygen atoms in total. The number of nitrogens with one attached hydrogen (secondary N) is 1. The first-order chi connectivity index (χ1) is 8.74. The maximum absolute atomic E-state index is 5.81. The molecule has 1 aliphatic carbocycles. The average Bonchev–Trinajstić information content (AvgIpc) is 2.85. The number of ether oxygens (including phenoxy) is 1. The second kappa shape index (κ2) is 6.88. The summed E-state index contributed by atoms with van der Waals surface area (Å²) in [6.45, 7) is 9.98. The summed E-state index contributed by atoms with van der Waals surface area (Å²) in [6, 6.07) is 2.19. The zero-order valence-corrected chi connectivity index (χ0v) is 12.3. The zero-order valence-electron chi connectivity index (χ0n) is 12.3. The number of rotatable bonds is 5. The van der Waals surface area contributed by atoms with Crippen molar-refractivity contribution in [2.24, 2.45) is 0 Å². The van der Waals surface area contributed by atoms with E-state index in [0.29, 0.717) is 12.1 Å². The summed E-state index contributed by atoms with van der Waals surface area (Å²) in [5.74, 6) is 0. The minimum absolute atomic E-state index is 0.412. The molecule has 1 saturated heterocycles. The van der Waals surface area contributed by atoms with Crippen LogP contribution in [-0.2, 0) is 4.74 Å². The summed E-state index contributed by atoms with van der Waals surface area (Å²) in [4.78, 5) is 2.74. The third-order valence-corrected chi connectivity index (χ3v) is 4.54. The van der Waals surface area contributed by atoms with E-state index in [0.717, 1.165) is 25.2 Å². The normalized spacial score (nSPS) is 38.2. The van der Waals surface area contributed by atoms with Gasteiger partial charge in [-0.05, 0) is 45.6 Å². The highest BCUT2D eigenvalue weighted by atomic mass is 16.5. The first-order valence-corrected chi connectivity index (χ1v) is 7.85. The standard InChI is InChI=1S/C15H30N2O/c1-4-8-16-13-6-7-15(9-13)17-10-12(3)18-11-14(17)5-2/h12-16H,4-11H2,1-3H3.